The fraction of sp³-hybridized carbons (Fsp3) is 0.600. The Morgan fingerprint density at radius 2 is 2.11 bits per heavy atom. The second kappa shape index (κ2) is 6.49. The summed E-state index contributed by atoms with van der Waals surface area (Å²) in [5.74, 6) is 1.18. The molecular formula is C15H23ClN2S. The lowest BCUT2D eigenvalue weighted by Crippen LogP contribution is -2.41. The molecule has 1 aromatic carbocycles. The SMILES string of the molecule is CC(C)(C)NCCNC1CCSc2ccc(Cl)cc21. The highest BCUT2D eigenvalue weighted by Gasteiger charge is 2.20. The number of hydrogen-bond donors (Lipinski definition) is 2. The maximum Gasteiger partial charge on any atom is 0.0410 e. The van der Waals surface area contributed by atoms with Crippen molar-refractivity contribution in [2.45, 2.75) is 43.7 Å². The first-order valence-electron chi connectivity index (χ1n) is 6.86. The van der Waals surface area contributed by atoms with Crippen molar-refractivity contribution in [3.63, 3.8) is 0 Å². The summed E-state index contributed by atoms with van der Waals surface area (Å²) < 4.78 is 0. The molecule has 0 spiro atoms. The Hall–Kier alpha value is -0.220. The van der Waals surface area contributed by atoms with Crippen molar-refractivity contribution in [2.24, 2.45) is 0 Å². The van der Waals surface area contributed by atoms with Crippen LogP contribution in [0.3, 0.4) is 0 Å². The average Bonchev–Trinajstić information content (AvgIpc) is 2.33. The fourth-order valence-electron chi connectivity index (χ4n) is 2.26. The van der Waals surface area contributed by atoms with Crippen molar-refractivity contribution in [2.75, 3.05) is 18.8 Å². The van der Waals surface area contributed by atoms with E-state index in [0.717, 1.165) is 18.1 Å². The number of halogens is 1. The quantitative estimate of drug-likeness (QED) is 0.826. The van der Waals surface area contributed by atoms with Crippen molar-refractivity contribution < 1.29 is 0 Å². The normalized spacial score (nSPS) is 19.3. The Morgan fingerprint density at radius 1 is 1.32 bits per heavy atom. The number of thioether (sulfide) groups is 1. The van der Waals surface area contributed by atoms with Crippen LogP contribution in [0.4, 0.5) is 0 Å². The Morgan fingerprint density at radius 3 is 2.84 bits per heavy atom. The first-order valence-corrected chi connectivity index (χ1v) is 8.23. The summed E-state index contributed by atoms with van der Waals surface area (Å²) in [5, 5.41) is 7.98. The van der Waals surface area contributed by atoms with Crippen molar-refractivity contribution in [1.82, 2.24) is 10.6 Å². The minimum atomic E-state index is 0.186. The molecule has 2 rings (SSSR count). The monoisotopic (exact) mass is 298 g/mol. The van der Waals surface area contributed by atoms with Crippen molar-refractivity contribution in [3.8, 4) is 0 Å². The third-order valence-corrected chi connectivity index (χ3v) is 4.54. The van der Waals surface area contributed by atoms with Crippen LogP contribution in [0.5, 0.6) is 0 Å². The van der Waals surface area contributed by atoms with Gasteiger partial charge in [0, 0.05) is 34.6 Å². The largest absolute Gasteiger partial charge is 0.311 e. The molecule has 1 aliphatic rings. The van der Waals surface area contributed by atoms with E-state index in [2.05, 4.69) is 43.5 Å². The van der Waals surface area contributed by atoms with Crippen molar-refractivity contribution in [1.29, 1.82) is 0 Å². The smallest absolute Gasteiger partial charge is 0.0410 e. The van der Waals surface area contributed by atoms with E-state index >= 15 is 0 Å². The van der Waals surface area contributed by atoms with Crippen LogP contribution in [0.2, 0.25) is 5.02 Å². The molecule has 1 atom stereocenters. The third kappa shape index (κ3) is 4.67. The lowest BCUT2D eigenvalue weighted by atomic mass is 10.0. The molecular weight excluding hydrogens is 276 g/mol. The van der Waals surface area contributed by atoms with Crippen LogP contribution < -0.4 is 10.6 Å². The second-order valence-electron chi connectivity index (χ2n) is 6.00. The van der Waals surface area contributed by atoms with Gasteiger partial charge < -0.3 is 10.6 Å². The summed E-state index contributed by atoms with van der Waals surface area (Å²) in [6.45, 7) is 8.56. The molecule has 2 N–H and O–H groups in total. The van der Waals surface area contributed by atoms with Gasteiger partial charge in [0.25, 0.3) is 0 Å². The molecule has 4 heteroatoms. The molecule has 0 radical (unpaired) electrons. The topological polar surface area (TPSA) is 24.1 Å². The molecule has 106 valence electrons. The zero-order chi connectivity index (χ0) is 13.9. The van der Waals surface area contributed by atoms with Crippen LogP contribution in [0, 0.1) is 0 Å². The summed E-state index contributed by atoms with van der Waals surface area (Å²) in [5.41, 5.74) is 1.55. The fourth-order valence-corrected chi connectivity index (χ4v) is 3.55. The summed E-state index contributed by atoms with van der Waals surface area (Å²) in [7, 11) is 0. The molecule has 2 nitrogen and oxygen atoms in total. The Labute approximate surface area is 125 Å². The molecule has 1 heterocycles. The summed E-state index contributed by atoms with van der Waals surface area (Å²) in [6, 6.07) is 6.68. The van der Waals surface area contributed by atoms with Gasteiger partial charge in [-0.2, -0.15) is 0 Å². The van der Waals surface area contributed by atoms with Gasteiger partial charge in [-0.05, 0) is 56.7 Å². The Bertz CT molecular complexity index is 429. The van der Waals surface area contributed by atoms with Gasteiger partial charge in [0.2, 0.25) is 0 Å². The van der Waals surface area contributed by atoms with E-state index in [1.165, 1.54) is 22.6 Å². The van der Waals surface area contributed by atoms with Gasteiger partial charge in [-0.25, -0.2) is 0 Å². The highest BCUT2D eigenvalue weighted by atomic mass is 35.5. The molecule has 0 aromatic heterocycles. The van der Waals surface area contributed by atoms with Gasteiger partial charge in [-0.15, -0.1) is 11.8 Å². The van der Waals surface area contributed by atoms with E-state index in [1.807, 2.05) is 17.8 Å². The average molecular weight is 299 g/mol. The molecule has 0 bridgehead atoms. The van der Waals surface area contributed by atoms with Gasteiger partial charge >= 0.3 is 0 Å². The lowest BCUT2D eigenvalue weighted by molar-refractivity contribution is 0.407. The zero-order valence-corrected chi connectivity index (χ0v) is 13.5. The van der Waals surface area contributed by atoms with E-state index in [-0.39, 0.29) is 5.54 Å². The van der Waals surface area contributed by atoms with E-state index in [0.29, 0.717) is 6.04 Å². The molecule has 1 aliphatic heterocycles. The molecule has 0 saturated heterocycles. The van der Waals surface area contributed by atoms with Crippen molar-refractivity contribution in [3.05, 3.63) is 28.8 Å². The molecule has 0 amide bonds. The lowest BCUT2D eigenvalue weighted by Gasteiger charge is -2.27. The number of benzene rings is 1. The minimum Gasteiger partial charge on any atom is -0.311 e. The van der Waals surface area contributed by atoms with E-state index in [9.17, 15) is 0 Å². The highest BCUT2D eigenvalue weighted by Crippen LogP contribution is 2.37. The van der Waals surface area contributed by atoms with Gasteiger partial charge in [-0.3, -0.25) is 0 Å². The van der Waals surface area contributed by atoms with Crippen LogP contribution in [-0.2, 0) is 0 Å². The number of nitrogens with one attached hydrogen (secondary N) is 2. The van der Waals surface area contributed by atoms with Crippen LogP contribution >= 0.6 is 23.4 Å². The molecule has 1 unspecified atom stereocenters. The van der Waals surface area contributed by atoms with Crippen LogP contribution in [0.25, 0.3) is 0 Å². The number of hydrogen-bond acceptors (Lipinski definition) is 3. The number of fused-ring (bicyclic) bond motifs is 1. The number of rotatable bonds is 4. The van der Waals surface area contributed by atoms with E-state index < -0.39 is 0 Å². The van der Waals surface area contributed by atoms with Gasteiger partial charge in [0.05, 0.1) is 0 Å². The summed E-state index contributed by atoms with van der Waals surface area (Å²) in [4.78, 5) is 1.37. The van der Waals surface area contributed by atoms with Crippen molar-refractivity contribution >= 4 is 23.4 Å². The first-order chi connectivity index (χ1) is 8.96. The Balaban J connectivity index is 1.91. The van der Waals surface area contributed by atoms with Gasteiger partial charge in [0.15, 0.2) is 0 Å². The summed E-state index contributed by atoms with van der Waals surface area (Å²) in [6.07, 6.45) is 1.17. The predicted molar refractivity (Wildman–Crippen MR) is 85.3 cm³/mol. The standard InChI is InChI=1S/C15H23ClN2S/c1-15(2,3)18-8-7-17-13-6-9-19-14-5-4-11(16)10-12(13)14/h4-5,10,13,17-18H,6-9H2,1-3H3. The van der Waals surface area contributed by atoms with Gasteiger partial charge in [0.1, 0.15) is 0 Å². The van der Waals surface area contributed by atoms with Crippen LogP contribution in [-0.4, -0.2) is 24.4 Å². The van der Waals surface area contributed by atoms with E-state index in [4.69, 9.17) is 11.6 Å². The van der Waals surface area contributed by atoms with Crippen LogP contribution in [0.15, 0.2) is 23.1 Å². The first kappa shape index (κ1) is 15.2. The molecule has 1 aromatic rings. The maximum atomic E-state index is 6.11. The predicted octanol–water partition coefficient (Wildman–Crippen LogP) is 3.85. The molecule has 0 saturated carbocycles. The summed E-state index contributed by atoms with van der Waals surface area (Å²) >= 11 is 8.04. The zero-order valence-electron chi connectivity index (χ0n) is 11.9. The van der Waals surface area contributed by atoms with E-state index in [1.54, 1.807) is 0 Å². The van der Waals surface area contributed by atoms with Gasteiger partial charge in [-0.1, -0.05) is 11.6 Å². The van der Waals surface area contributed by atoms with Crippen LogP contribution in [0.1, 0.15) is 38.8 Å². The minimum absolute atomic E-state index is 0.186. The Kier molecular flexibility index (Phi) is 5.18. The maximum absolute atomic E-state index is 6.11. The molecule has 0 aliphatic carbocycles. The third-order valence-electron chi connectivity index (χ3n) is 3.18. The second-order valence-corrected chi connectivity index (χ2v) is 7.58. The molecule has 19 heavy (non-hydrogen) atoms. The molecule has 0 fully saturated rings. The highest BCUT2D eigenvalue weighted by molar-refractivity contribution is 7.99.